The molecular weight excluding hydrogens is 424 g/mol. The van der Waals surface area contributed by atoms with Gasteiger partial charge in [0.1, 0.15) is 6.33 Å². The number of fused-ring (bicyclic) bond motifs is 6. The van der Waals surface area contributed by atoms with Gasteiger partial charge < -0.3 is 0 Å². The first kappa shape index (κ1) is 17.3. The Labute approximate surface area is 178 Å². The van der Waals surface area contributed by atoms with Gasteiger partial charge in [-0.15, -0.1) is 5.10 Å². The summed E-state index contributed by atoms with van der Waals surface area (Å²) in [6.45, 7) is 0. The minimum atomic E-state index is 0.124. The van der Waals surface area contributed by atoms with Gasteiger partial charge >= 0.3 is 0 Å². The average molecular weight is 445 g/mol. The van der Waals surface area contributed by atoms with Gasteiger partial charge in [0, 0.05) is 26.6 Å². The lowest BCUT2D eigenvalue weighted by molar-refractivity contribution is 0.288. The van der Waals surface area contributed by atoms with Crippen LogP contribution in [0.4, 0.5) is 0 Å². The van der Waals surface area contributed by atoms with Crippen molar-refractivity contribution in [2.75, 3.05) is 0 Å². The van der Waals surface area contributed by atoms with Crippen LogP contribution in [0.1, 0.15) is 43.2 Å². The average Bonchev–Trinajstić information content (AvgIpc) is 3.19. The van der Waals surface area contributed by atoms with Crippen LogP contribution in [-0.2, 0) is 11.8 Å². The molecule has 5 heteroatoms. The quantitative estimate of drug-likeness (QED) is 0.362. The second-order valence-electron chi connectivity index (χ2n) is 8.36. The van der Waals surface area contributed by atoms with Crippen molar-refractivity contribution in [2.45, 2.75) is 43.9 Å². The molecule has 0 unspecified atom stereocenters. The van der Waals surface area contributed by atoms with Crippen molar-refractivity contribution in [3.8, 4) is 22.6 Å². The van der Waals surface area contributed by atoms with Crippen molar-refractivity contribution in [1.29, 1.82) is 0 Å². The van der Waals surface area contributed by atoms with Crippen molar-refractivity contribution in [2.24, 2.45) is 0 Å². The third-order valence-electron chi connectivity index (χ3n) is 6.61. The Morgan fingerprint density at radius 1 is 0.966 bits per heavy atom. The summed E-state index contributed by atoms with van der Waals surface area (Å²) >= 11 is 3.56. The molecule has 0 bridgehead atoms. The third kappa shape index (κ3) is 2.67. The molecule has 0 atom stereocenters. The fourth-order valence-corrected chi connectivity index (χ4v) is 5.71. The van der Waals surface area contributed by atoms with Crippen LogP contribution in [0, 0.1) is 0 Å². The molecule has 29 heavy (non-hydrogen) atoms. The van der Waals surface area contributed by atoms with E-state index in [2.05, 4.69) is 52.3 Å². The van der Waals surface area contributed by atoms with Gasteiger partial charge in [-0.25, -0.2) is 14.5 Å². The number of hydrogen-bond acceptors (Lipinski definition) is 3. The minimum Gasteiger partial charge on any atom is -0.236 e. The molecule has 2 heterocycles. The molecule has 144 valence electrons. The van der Waals surface area contributed by atoms with E-state index in [0.717, 1.165) is 33.6 Å². The molecular formula is C24H21BrN4. The van der Waals surface area contributed by atoms with E-state index in [1.165, 1.54) is 48.8 Å². The Hall–Kier alpha value is -2.53. The maximum absolute atomic E-state index is 5.05. The maximum atomic E-state index is 5.05. The van der Waals surface area contributed by atoms with Crippen LogP contribution in [0.15, 0.2) is 59.3 Å². The van der Waals surface area contributed by atoms with Crippen molar-refractivity contribution in [3.63, 3.8) is 0 Å². The van der Waals surface area contributed by atoms with Gasteiger partial charge in [-0.3, -0.25) is 0 Å². The highest BCUT2D eigenvalue weighted by molar-refractivity contribution is 9.10. The summed E-state index contributed by atoms with van der Waals surface area (Å²) in [5.74, 6) is 0.756. The number of halogens is 1. The van der Waals surface area contributed by atoms with E-state index < -0.39 is 0 Å². The summed E-state index contributed by atoms with van der Waals surface area (Å²) in [7, 11) is 0. The Morgan fingerprint density at radius 2 is 1.83 bits per heavy atom. The maximum Gasteiger partial charge on any atom is 0.182 e. The summed E-state index contributed by atoms with van der Waals surface area (Å²) < 4.78 is 2.92. The monoisotopic (exact) mass is 444 g/mol. The molecule has 0 aliphatic heterocycles. The lowest BCUT2D eigenvalue weighted by atomic mass is 9.62. The van der Waals surface area contributed by atoms with Crippen molar-refractivity contribution >= 4 is 21.6 Å². The Bertz CT molecular complexity index is 1240. The molecule has 2 aliphatic rings. The molecule has 1 saturated carbocycles. The van der Waals surface area contributed by atoms with Gasteiger partial charge in [0.15, 0.2) is 11.5 Å². The van der Waals surface area contributed by atoms with Gasteiger partial charge in [-0.1, -0.05) is 71.6 Å². The molecule has 6 rings (SSSR count). The zero-order chi connectivity index (χ0) is 19.4. The molecule has 0 radical (unpaired) electrons. The summed E-state index contributed by atoms with van der Waals surface area (Å²) in [5.41, 5.74) is 7.21. The molecule has 0 saturated heterocycles. The lowest BCUT2D eigenvalue weighted by Gasteiger charge is -2.42. The van der Waals surface area contributed by atoms with E-state index >= 15 is 0 Å². The summed E-state index contributed by atoms with van der Waals surface area (Å²) in [4.78, 5) is 9.96. The lowest BCUT2D eigenvalue weighted by Crippen LogP contribution is -2.36. The van der Waals surface area contributed by atoms with Crippen LogP contribution in [0.25, 0.3) is 28.3 Å². The predicted molar refractivity (Wildman–Crippen MR) is 118 cm³/mol. The fourth-order valence-electron chi connectivity index (χ4n) is 5.31. The van der Waals surface area contributed by atoms with Gasteiger partial charge in [0.2, 0.25) is 0 Å². The van der Waals surface area contributed by atoms with Gasteiger partial charge in [0.05, 0.1) is 5.69 Å². The van der Waals surface area contributed by atoms with E-state index in [1.807, 2.05) is 23.0 Å². The van der Waals surface area contributed by atoms with Gasteiger partial charge in [0.25, 0.3) is 0 Å². The van der Waals surface area contributed by atoms with Gasteiger partial charge in [-0.2, -0.15) is 0 Å². The van der Waals surface area contributed by atoms with Crippen LogP contribution in [-0.4, -0.2) is 19.6 Å². The molecule has 4 aromatic rings. The highest BCUT2D eigenvalue weighted by atomic mass is 79.9. The first-order valence-corrected chi connectivity index (χ1v) is 11.1. The number of benzene rings is 2. The van der Waals surface area contributed by atoms with E-state index in [0.29, 0.717) is 0 Å². The van der Waals surface area contributed by atoms with Crippen LogP contribution in [0.3, 0.4) is 0 Å². The molecule has 2 aromatic carbocycles. The van der Waals surface area contributed by atoms with Gasteiger partial charge in [-0.05, 0) is 37.0 Å². The SMILES string of the molecule is Brc1cccc(-c2nc3c4c(ncn3n2)-c2ccccc2CC42CCCCC2)c1. The van der Waals surface area contributed by atoms with Crippen LogP contribution >= 0.6 is 15.9 Å². The zero-order valence-corrected chi connectivity index (χ0v) is 17.7. The summed E-state index contributed by atoms with van der Waals surface area (Å²) in [5, 5.41) is 4.79. The molecule has 2 aromatic heterocycles. The summed E-state index contributed by atoms with van der Waals surface area (Å²) in [6, 6.07) is 16.9. The number of hydrogen-bond donors (Lipinski definition) is 0. The topological polar surface area (TPSA) is 43.1 Å². The largest absolute Gasteiger partial charge is 0.236 e. The van der Waals surface area contributed by atoms with Crippen molar-refractivity contribution in [3.05, 3.63) is 70.5 Å². The second-order valence-corrected chi connectivity index (χ2v) is 9.27. The standard InChI is InChI=1S/C24H21BrN4/c25-18-9-6-8-16(13-18)22-27-23-20-21(26-15-29(23)28-22)19-10-3-2-7-17(19)14-24(20)11-4-1-5-12-24/h2-3,6-10,13,15H,1,4-5,11-12,14H2. The highest BCUT2D eigenvalue weighted by Crippen LogP contribution is 2.50. The first-order chi connectivity index (χ1) is 14.2. The van der Waals surface area contributed by atoms with E-state index in [9.17, 15) is 0 Å². The van der Waals surface area contributed by atoms with Crippen molar-refractivity contribution < 1.29 is 0 Å². The number of rotatable bonds is 1. The normalized spacial score (nSPS) is 17.3. The van der Waals surface area contributed by atoms with Crippen LogP contribution in [0.2, 0.25) is 0 Å². The number of aromatic nitrogens is 4. The molecule has 2 aliphatic carbocycles. The second kappa shape index (κ2) is 6.49. The van der Waals surface area contributed by atoms with Crippen molar-refractivity contribution in [1.82, 2.24) is 19.6 Å². The minimum absolute atomic E-state index is 0.124. The fraction of sp³-hybridized carbons (Fsp3) is 0.292. The molecule has 1 fully saturated rings. The van der Waals surface area contributed by atoms with E-state index in [1.54, 1.807) is 0 Å². The Morgan fingerprint density at radius 3 is 2.69 bits per heavy atom. The molecule has 0 amide bonds. The first-order valence-electron chi connectivity index (χ1n) is 10.3. The predicted octanol–water partition coefficient (Wildman–Crippen LogP) is 5.98. The molecule has 1 spiro atoms. The van der Waals surface area contributed by atoms with E-state index in [-0.39, 0.29) is 5.41 Å². The smallest absolute Gasteiger partial charge is 0.182 e. The van der Waals surface area contributed by atoms with Crippen LogP contribution < -0.4 is 0 Å². The number of nitrogens with zero attached hydrogens (tertiary/aromatic N) is 4. The van der Waals surface area contributed by atoms with E-state index in [4.69, 9.17) is 15.1 Å². The third-order valence-corrected chi connectivity index (χ3v) is 7.11. The highest BCUT2D eigenvalue weighted by Gasteiger charge is 2.42. The van der Waals surface area contributed by atoms with Crippen LogP contribution in [0.5, 0.6) is 0 Å². The Balaban J connectivity index is 1.63. The zero-order valence-electron chi connectivity index (χ0n) is 16.1. The Kier molecular flexibility index (Phi) is 3.88. The molecule has 4 nitrogen and oxygen atoms in total. The summed E-state index contributed by atoms with van der Waals surface area (Å²) in [6.07, 6.45) is 9.19. The molecule has 0 N–H and O–H groups in total.